The zero-order valence-electron chi connectivity index (χ0n) is 12.9. The first-order valence-corrected chi connectivity index (χ1v) is 7.60. The molecule has 0 saturated heterocycles. The molecule has 2 rings (SSSR count). The van der Waals surface area contributed by atoms with Gasteiger partial charge in [-0.05, 0) is 49.8 Å². The molecule has 1 aromatic heterocycles. The fourth-order valence-corrected chi connectivity index (χ4v) is 2.41. The molecule has 0 aliphatic carbocycles. The summed E-state index contributed by atoms with van der Waals surface area (Å²) in [7, 11) is 1.93. The van der Waals surface area contributed by atoms with E-state index >= 15 is 0 Å². The van der Waals surface area contributed by atoms with E-state index < -0.39 is 5.91 Å². The number of rotatable bonds is 3. The lowest BCUT2D eigenvalue weighted by atomic mass is 10.1. The second kappa shape index (κ2) is 6.91. The van der Waals surface area contributed by atoms with Crippen molar-refractivity contribution in [3.05, 3.63) is 56.8 Å². The van der Waals surface area contributed by atoms with Crippen molar-refractivity contribution in [3.63, 3.8) is 0 Å². The highest BCUT2D eigenvalue weighted by Gasteiger charge is 2.12. The third kappa shape index (κ3) is 3.76. The SMILES string of the molecule is Cc1cc(C=C(C#N)C(=O)Nc2ccc(Cl)c(Cl)c2)c(C)n1C. The minimum Gasteiger partial charge on any atom is -0.352 e. The first kappa shape index (κ1) is 17.1. The minimum atomic E-state index is -0.494. The number of nitriles is 1. The summed E-state index contributed by atoms with van der Waals surface area (Å²) in [6.07, 6.45) is 1.58. The minimum absolute atomic E-state index is 0.0183. The van der Waals surface area contributed by atoms with Crippen molar-refractivity contribution in [2.45, 2.75) is 13.8 Å². The van der Waals surface area contributed by atoms with E-state index in [-0.39, 0.29) is 5.57 Å². The summed E-state index contributed by atoms with van der Waals surface area (Å²) >= 11 is 11.8. The molecule has 0 atom stereocenters. The molecule has 1 heterocycles. The predicted octanol–water partition coefficient (Wildman–Crippen LogP) is 4.49. The Hall–Kier alpha value is -2.22. The Bertz CT molecular complexity index is 844. The van der Waals surface area contributed by atoms with Gasteiger partial charge >= 0.3 is 0 Å². The van der Waals surface area contributed by atoms with E-state index in [9.17, 15) is 10.1 Å². The molecule has 1 aromatic carbocycles. The third-order valence-electron chi connectivity index (χ3n) is 3.66. The Balaban J connectivity index is 2.28. The number of halogens is 2. The number of nitrogens with zero attached hydrogens (tertiary/aromatic N) is 2. The molecule has 0 spiro atoms. The van der Waals surface area contributed by atoms with Gasteiger partial charge in [0.1, 0.15) is 11.6 Å². The predicted molar refractivity (Wildman–Crippen MR) is 93.6 cm³/mol. The van der Waals surface area contributed by atoms with Crippen LogP contribution in [0, 0.1) is 25.2 Å². The Morgan fingerprint density at radius 3 is 2.48 bits per heavy atom. The van der Waals surface area contributed by atoms with Gasteiger partial charge in [0.15, 0.2) is 0 Å². The maximum absolute atomic E-state index is 12.3. The maximum Gasteiger partial charge on any atom is 0.266 e. The Labute approximate surface area is 144 Å². The zero-order valence-corrected chi connectivity index (χ0v) is 14.5. The molecule has 0 aliphatic rings. The van der Waals surface area contributed by atoms with E-state index in [0.29, 0.717) is 15.7 Å². The van der Waals surface area contributed by atoms with Crippen LogP contribution in [0.1, 0.15) is 17.0 Å². The first-order valence-electron chi connectivity index (χ1n) is 6.84. The number of aromatic nitrogens is 1. The van der Waals surface area contributed by atoms with E-state index in [0.717, 1.165) is 17.0 Å². The molecule has 2 aromatic rings. The van der Waals surface area contributed by atoms with Crippen LogP contribution in [0.2, 0.25) is 10.0 Å². The highest BCUT2D eigenvalue weighted by Crippen LogP contribution is 2.25. The summed E-state index contributed by atoms with van der Waals surface area (Å²) in [4.78, 5) is 12.3. The highest BCUT2D eigenvalue weighted by molar-refractivity contribution is 6.42. The molecular weight excluding hydrogens is 333 g/mol. The second-order valence-corrected chi connectivity index (χ2v) is 5.95. The smallest absolute Gasteiger partial charge is 0.266 e. The van der Waals surface area contributed by atoms with Crippen molar-refractivity contribution in [2.24, 2.45) is 7.05 Å². The summed E-state index contributed by atoms with van der Waals surface area (Å²) in [5.41, 5.74) is 3.37. The number of hydrogen-bond donors (Lipinski definition) is 1. The molecular formula is C17H15Cl2N3O. The summed E-state index contributed by atoms with van der Waals surface area (Å²) in [6.45, 7) is 3.90. The van der Waals surface area contributed by atoms with Gasteiger partial charge in [0.25, 0.3) is 5.91 Å². The number of aryl methyl sites for hydroxylation is 1. The fourth-order valence-electron chi connectivity index (χ4n) is 2.11. The van der Waals surface area contributed by atoms with Gasteiger partial charge < -0.3 is 9.88 Å². The Morgan fingerprint density at radius 2 is 1.96 bits per heavy atom. The van der Waals surface area contributed by atoms with Gasteiger partial charge in [-0.1, -0.05) is 23.2 Å². The van der Waals surface area contributed by atoms with Crippen molar-refractivity contribution >= 4 is 40.9 Å². The van der Waals surface area contributed by atoms with Crippen LogP contribution in [0.3, 0.4) is 0 Å². The van der Waals surface area contributed by atoms with Crippen molar-refractivity contribution in [2.75, 3.05) is 5.32 Å². The largest absolute Gasteiger partial charge is 0.352 e. The number of carbonyl (C=O) groups is 1. The van der Waals surface area contributed by atoms with Gasteiger partial charge in [0, 0.05) is 24.1 Å². The van der Waals surface area contributed by atoms with Gasteiger partial charge in [-0.15, -0.1) is 0 Å². The maximum atomic E-state index is 12.3. The monoisotopic (exact) mass is 347 g/mol. The summed E-state index contributed by atoms with van der Waals surface area (Å²) in [6, 6.07) is 8.61. The molecule has 1 amide bonds. The molecule has 0 aliphatic heterocycles. The van der Waals surface area contributed by atoms with Gasteiger partial charge in [-0.2, -0.15) is 5.26 Å². The van der Waals surface area contributed by atoms with Gasteiger partial charge in [0.05, 0.1) is 10.0 Å². The first-order chi connectivity index (χ1) is 10.8. The van der Waals surface area contributed by atoms with Crippen LogP contribution in [0.4, 0.5) is 5.69 Å². The molecule has 0 saturated carbocycles. The van der Waals surface area contributed by atoms with Crippen molar-refractivity contribution < 1.29 is 4.79 Å². The fraction of sp³-hybridized carbons (Fsp3) is 0.176. The number of carbonyl (C=O) groups excluding carboxylic acids is 1. The molecule has 23 heavy (non-hydrogen) atoms. The molecule has 0 radical (unpaired) electrons. The number of hydrogen-bond acceptors (Lipinski definition) is 2. The van der Waals surface area contributed by atoms with E-state index in [1.807, 2.05) is 37.6 Å². The highest BCUT2D eigenvalue weighted by atomic mass is 35.5. The van der Waals surface area contributed by atoms with Gasteiger partial charge in [-0.25, -0.2) is 0 Å². The van der Waals surface area contributed by atoms with E-state index in [2.05, 4.69) is 5.32 Å². The quantitative estimate of drug-likeness (QED) is 0.656. The van der Waals surface area contributed by atoms with E-state index in [1.165, 1.54) is 6.07 Å². The molecule has 0 unspecified atom stereocenters. The Morgan fingerprint density at radius 1 is 1.26 bits per heavy atom. The normalized spacial score (nSPS) is 11.2. The zero-order chi connectivity index (χ0) is 17.1. The number of nitrogens with one attached hydrogen (secondary N) is 1. The molecule has 118 valence electrons. The average molecular weight is 348 g/mol. The van der Waals surface area contributed by atoms with Crippen LogP contribution in [0.5, 0.6) is 0 Å². The molecule has 4 nitrogen and oxygen atoms in total. The Kier molecular flexibility index (Phi) is 5.15. The average Bonchev–Trinajstić information content (AvgIpc) is 2.75. The van der Waals surface area contributed by atoms with E-state index in [4.69, 9.17) is 23.2 Å². The van der Waals surface area contributed by atoms with Crippen LogP contribution < -0.4 is 5.32 Å². The lowest BCUT2D eigenvalue weighted by molar-refractivity contribution is -0.112. The van der Waals surface area contributed by atoms with E-state index in [1.54, 1.807) is 18.2 Å². The summed E-state index contributed by atoms with van der Waals surface area (Å²) in [5.74, 6) is -0.494. The van der Waals surface area contributed by atoms with Crippen LogP contribution >= 0.6 is 23.2 Å². The van der Waals surface area contributed by atoms with Crippen LogP contribution in [0.15, 0.2) is 29.8 Å². The van der Waals surface area contributed by atoms with Crippen LogP contribution in [-0.2, 0) is 11.8 Å². The molecule has 6 heteroatoms. The van der Waals surface area contributed by atoms with Gasteiger partial charge in [0.2, 0.25) is 0 Å². The molecule has 0 fully saturated rings. The second-order valence-electron chi connectivity index (χ2n) is 5.14. The van der Waals surface area contributed by atoms with Crippen LogP contribution in [-0.4, -0.2) is 10.5 Å². The van der Waals surface area contributed by atoms with Crippen molar-refractivity contribution in [1.29, 1.82) is 5.26 Å². The van der Waals surface area contributed by atoms with Crippen molar-refractivity contribution in [1.82, 2.24) is 4.57 Å². The number of benzene rings is 1. The van der Waals surface area contributed by atoms with Gasteiger partial charge in [-0.3, -0.25) is 4.79 Å². The summed E-state index contributed by atoms with van der Waals surface area (Å²) in [5, 5.41) is 12.6. The van der Waals surface area contributed by atoms with Crippen LogP contribution in [0.25, 0.3) is 6.08 Å². The standard InChI is InChI=1S/C17H15Cl2N3O/c1-10-6-12(11(2)22(10)3)7-13(9-20)17(23)21-14-4-5-15(18)16(19)8-14/h4-8H,1-3H3,(H,21,23). The van der Waals surface area contributed by atoms with Crippen molar-refractivity contribution in [3.8, 4) is 6.07 Å². The lowest BCUT2D eigenvalue weighted by Crippen LogP contribution is -2.13. The lowest BCUT2D eigenvalue weighted by Gasteiger charge is -2.05. The number of anilines is 1. The number of amides is 1. The molecule has 0 bridgehead atoms. The third-order valence-corrected chi connectivity index (χ3v) is 4.40. The topological polar surface area (TPSA) is 57.8 Å². The summed E-state index contributed by atoms with van der Waals surface area (Å²) < 4.78 is 2.00. The molecule has 1 N–H and O–H groups in total.